The lowest BCUT2D eigenvalue weighted by atomic mass is 9.91. The van der Waals surface area contributed by atoms with Crippen molar-refractivity contribution < 1.29 is 0 Å². The van der Waals surface area contributed by atoms with Crippen molar-refractivity contribution in [2.45, 2.75) is 41.5 Å². The van der Waals surface area contributed by atoms with Gasteiger partial charge in [-0.25, -0.2) is 0 Å². The Balaban J connectivity index is 1.36. The second-order valence-electron chi connectivity index (χ2n) is 21.0. The van der Waals surface area contributed by atoms with Gasteiger partial charge in [0.25, 0.3) is 0 Å². The van der Waals surface area contributed by atoms with Crippen molar-refractivity contribution in [1.82, 2.24) is 28.2 Å². The summed E-state index contributed by atoms with van der Waals surface area (Å²) in [4.78, 5) is 10.6. The van der Waals surface area contributed by atoms with Crippen molar-refractivity contribution in [3.8, 4) is 45.1 Å². The van der Waals surface area contributed by atoms with Crippen LogP contribution in [0, 0.1) is 41.5 Å². The summed E-state index contributed by atoms with van der Waals surface area (Å²) in [5.74, 6) is 0. The van der Waals surface area contributed by atoms with E-state index in [-0.39, 0.29) is 0 Å². The molecule has 0 saturated carbocycles. The quantitative estimate of drug-likeness (QED) is 0.167. The van der Waals surface area contributed by atoms with E-state index in [0.717, 1.165) is 101 Å². The van der Waals surface area contributed by atoms with Gasteiger partial charge < -0.3 is 18.3 Å². The first-order chi connectivity index (χ1) is 37.2. The Morgan fingerprint density at radius 1 is 0.276 bits per heavy atom. The summed E-state index contributed by atoms with van der Waals surface area (Å²) in [6.45, 7) is 13.1. The highest BCUT2D eigenvalue weighted by Crippen LogP contribution is 2.54. The van der Waals surface area contributed by atoms with Gasteiger partial charge >= 0.3 is 0 Å². The molecule has 0 fully saturated rings. The first-order valence-electron chi connectivity index (χ1n) is 26.3. The normalized spacial score (nSPS) is 12.1. The van der Waals surface area contributed by atoms with Gasteiger partial charge in [0.1, 0.15) is 0 Å². The molecule has 0 amide bonds. The number of aryl methyl sites for hydroxylation is 6. The minimum Gasteiger partial charge on any atom is -0.308 e. The molecule has 76 heavy (non-hydrogen) atoms. The van der Waals surface area contributed by atoms with E-state index in [1.807, 2.05) is 12.3 Å². The SMILES string of the molecule is Cc1ccc2c(c1)c1ccccc1n2-c1c(-c2cc(C)nc(C)c2)c(-n2c3ccccc3c3cc(C)ccc32)c(-n2c3ccccc3c3cc(C)ccc32)c(-n2c3ccccc3c3cc(C)ccc32)c1-c1ccccn1. The van der Waals surface area contributed by atoms with Crippen LogP contribution in [0.25, 0.3) is 132 Å². The van der Waals surface area contributed by atoms with E-state index in [1.54, 1.807) is 0 Å². The number of para-hydroxylation sites is 4. The van der Waals surface area contributed by atoms with Crippen LogP contribution < -0.4 is 0 Å². The first-order valence-corrected chi connectivity index (χ1v) is 26.3. The van der Waals surface area contributed by atoms with E-state index in [9.17, 15) is 0 Å². The molecule has 0 spiro atoms. The molecule has 0 N–H and O–H groups in total. The first kappa shape index (κ1) is 44.0. The molecule has 0 aliphatic heterocycles. The van der Waals surface area contributed by atoms with Gasteiger partial charge in [-0.2, -0.15) is 0 Å². The van der Waals surface area contributed by atoms with Gasteiger partial charge in [-0.3, -0.25) is 9.97 Å². The third kappa shape index (κ3) is 6.34. The molecule has 15 rings (SSSR count). The molecule has 9 aromatic carbocycles. The highest BCUT2D eigenvalue weighted by molar-refractivity contribution is 6.18. The van der Waals surface area contributed by atoms with Gasteiger partial charge in [0.15, 0.2) is 0 Å². The van der Waals surface area contributed by atoms with Crippen LogP contribution in [0.4, 0.5) is 0 Å². The van der Waals surface area contributed by atoms with Crippen molar-refractivity contribution in [2.75, 3.05) is 0 Å². The Hall–Kier alpha value is -9.52. The Morgan fingerprint density at radius 2 is 0.605 bits per heavy atom. The van der Waals surface area contributed by atoms with Crippen molar-refractivity contribution in [3.05, 3.63) is 240 Å². The van der Waals surface area contributed by atoms with E-state index in [0.29, 0.717) is 0 Å². The van der Waals surface area contributed by atoms with Gasteiger partial charge in [0, 0.05) is 66.2 Å². The van der Waals surface area contributed by atoms with Crippen molar-refractivity contribution in [1.29, 1.82) is 0 Å². The molecule has 15 aromatic rings. The summed E-state index contributed by atoms with van der Waals surface area (Å²) >= 11 is 0. The lowest BCUT2D eigenvalue weighted by Gasteiger charge is -2.31. The number of aromatic nitrogens is 6. The molecule has 0 atom stereocenters. The standard InChI is InChI=1S/C70H52N6/c1-41-26-30-61-52(35-41)48-17-7-11-22-57(48)73(61)67-65(47-39-45(5)72-46(6)40-47)68(74-58-23-12-8-18-49(58)53-36-42(2)27-31-62(53)74)70(76-60-25-14-10-20-51(60)55-38-44(4)29-33-64(55)76)69(66(67)56-21-15-16-34-71-56)75-59-24-13-9-19-50(59)54-37-43(3)28-32-63(54)75/h7-40H,1-6H3. The van der Waals surface area contributed by atoms with Gasteiger partial charge in [-0.05, 0) is 144 Å². The maximum absolute atomic E-state index is 5.51. The molecule has 0 bridgehead atoms. The maximum Gasteiger partial charge on any atom is 0.0962 e. The zero-order valence-corrected chi connectivity index (χ0v) is 43.3. The Labute approximate surface area is 440 Å². The zero-order valence-electron chi connectivity index (χ0n) is 43.3. The molecular formula is C70H52N6. The monoisotopic (exact) mass is 976 g/mol. The van der Waals surface area contributed by atoms with E-state index in [2.05, 4.69) is 254 Å². The van der Waals surface area contributed by atoms with Crippen molar-refractivity contribution >= 4 is 87.2 Å². The fraction of sp³-hybridized carbons (Fsp3) is 0.0857. The zero-order chi connectivity index (χ0) is 51.1. The van der Waals surface area contributed by atoms with Crippen LogP contribution in [0.15, 0.2) is 206 Å². The van der Waals surface area contributed by atoms with Crippen LogP contribution in [0.1, 0.15) is 33.6 Å². The second kappa shape index (κ2) is 16.5. The summed E-state index contributed by atoms with van der Waals surface area (Å²) in [5.41, 5.74) is 23.7. The molecule has 6 aromatic heterocycles. The lowest BCUT2D eigenvalue weighted by Crippen LogP contribution is -2.16. The minimum absolute atomic E-state index is 0.856. The average molecular weight is 977 g/mol. The van der Waals surface area contributed by atoms with Crippen LogP contribution in [0.3, 0.4) is 0 Å². The summed E-state index contributed by atoms with van der Waals surface area (Å²) < 4.78 is 10.3. The molecular weight excluding hydrogens is 925 g/mol. The predicted octanol–water partition coefficient (Wildman–Crippen LogP) is 18.0. The number of fused-ring (bicyclic) bond motifs is 12. The van der Waals surface area contributed by atoms with E-state index in [1.165, 1.54) is 65.3 Å². The number of benzene rings is 9. The molecule has 0 aliphatic carbocycles. The van der Waals surface area contributed by atoms with Crippen LogP contribution in [0.5, 0.6) is 0 Å². The summed E-state index contributed by atoms with van der Waals surface area (Å²) in [7, 11) is 0. The molecule has 0 saturated heterocycles. The van der Waals surface area contributed by atoms with E-state index in [4.69, 9.17) is 9.97 Å². The Kier molecular flexibility index (Phi) is 9.55. The topological polar surface area (TPSA) is 45.5 Å². The summed E-state index contributed by atoms with van der Waals surface area (Å²) in [6, 6.07) is 74.8. The van der Waals surface area contributed by atoms with Crippen LogP contribution in [0.2, 0.25) is 0 Å². The predicted molar refractivity (Wildman–Crippen MR) is 319 cm³/mol. The van der Waals surface area contributed by atoms with Gasteiger partial charge in [0.2, 0.25) is 0 Å². The van der Waals surface area contributed by atoms with Gasteiger partial charge in [-0.1, -0.05) is 125 Å². The number of hydrogen-bond donors (Lipinski definition) is 0. The molecule has 0 radical (unpaired) electrons. The number of pyridine rings is 2. The largest absolute Gasteiger partial charge is 0.308 e. The van der Waals surface area contributed by atoms with E-state index < -0.39 is 0 Å². The number of hydrogen-bond acceptors (Lipinski definition) is 2. The third-order valence-electron chi connectivity index (χ3n) is 15.9. The van der Waals surface area contributed by atoms with E-state index >= 15 is 0 Å². The minimum atomic E-state index is 0.856. The fourth-order valence-corrected chi connectivity index (χ4v) is 12.9. The number of nitrogens with zero attached hydrogens (tertiary/aromatic N) is 6. The van der Waals surface area contributed by atoms with Crippen LogP contribution >= 0.6 is 0 Å². The molecule has 0 aliphatic rings. The lowest BCUT2D eigenvalue weighted by molar-refractivity contribution is 1.03. The Bertz CT molecular complexity index is 4920. The molecule has 6 heterocycles. The average Bonchev–Trinajstić information content (AvgIpc) is 4.30. The summed E-state index contributed by atoms with van der Waals surface area (Å²) in [6.07, 6.45) is 1.96. The fourth-order valence-electron chi connectivity index (χ4n) is 12.9. The number of rotatable bonds is 6. The Morgan fingerprint density at radius 3 is 0.987 bits per heavy atom. The highest BCUT2D eigenvalue weighted by atomic mass is 15.1. The maximum atomic E-state index is 5.51. The highest BCUT2D eigenvalue weighted by Gasteiger charge is 2.36. The van der Waals surface area contributed by atoms with Gasteiger partial charge in [-0.15, -0.1) is 0 Å². The van der Waals surface area contributed by atoms with Crippen LogP contribution in [-0.2, 0) is 0 Å². The smallest absolute Gasteiger partial charge is 0.0962 e. The molecule has 6 nitrogen and oxygen atoms in total. The van der Waals surface area contributed by atoms with Crippen molar-refractivity contribution in [3.63, 3.8) is 0 Å². The molecule has 0 unspecified atom stereocenters. The summed E-state index contributed by atoms with van der Waals surface area (Å²) in [5, 5.41) is 9.53. The molecule has 362 valence electrons. The third-order valence-corrected chi connectivity index (χ3v) is 15.9. The van der Waals surface area contributed by atoms with Gasteiger partial charge in [0.05, 0.1) is 78.1 Å². The second-order valence-corrected chi connectivity index (χ2v) is 21.0. The van der Waals surface area contributed by atoms with Crippen molar-refractivity contribution in [2.24, 2.45) is 0 Å². The van der Waals surface area contributed by atoms with Crippen LogP contribution in [-0.4, -0.2) is 28.2 Å². The molecule has 6 heteroatoms.